The van der Waals surface area contributed by atoms with Gasteiger partial charge in [0.15, 0.2) is 0 Å². The second kappa shape index (κ2) is 4.62. The fourth-order valence-corrected chi connectivity index (χ4v) is 2.20. The molecule has 0 aliphatic carbocycles. The van der Waals surface area contributed by atoms with Gasteiger partial charge in [-0.15, -0.1) is 0 Å². The van der Waals surface area contributed by atoms with Crippen LogP contribution in [0.15, 0.2) is 30.5 Å². The number of rotatable bonds is 4. The normalized spacial score (nSPS) is 12.8. The molecule has 1 atom stereocenters. The Morgan fingerprint density at radius 3 is 2.71 bits per heavy atom. The zero-order valence-corrected chi connectivity index (χ0v) is 10.2. The van der Waals surface area contributed by atoms with Crippen molar-refractivity contribution in [2.75, 3.05) is 0 Å². The summed E-state index contributed by atoms with van der Waals surface area (Å²) >= 11 is 0. The molecule has 90 valence electrons. The Morgan fingerprint density at radius 1 is 1.35 bits per heavy atom. The van der Waals surface area contributed by atoms with Crippen LogP contribution in [-0.2, 0) is 11.2 Å². The standard InChI is InChI=1S/C14H17NO2/c1-3-10-5-6-13-11(9-10)7-8-15(13)12(4-2)14(16)17/h5-9,12H,3-4H2,1-2H3,(H,16,17). The van der Waals surface area contributed by atoms with E-state index >= 15 is 0 Å². The summed E-state index contributed by atoms with van der Waals surface area (Å²) in [5.41, 5.74) is 2.27. The lowest BCUT2D eigenvalue weighted by molar-refractivity contribution is -0.140. The molecule has 0 aliphatic heterocycles. The largest absolute Gasteiger partial charge is 0.480 e. The molecule has 2 aromatic rings. The molecular formula is C14H17NO2. The third kappa shape index (κ3) is 2.05. The van der Waals surface area contributed by atoms with Gasteiger partial charge in [0.05, 0.1) is 0 Å². The van der Waals surface area contributed by atoms with E-state index in [4.69, 9.17) is 0 Å². The Hall–Kier alpha value is -1.77. The Bertz CT molecular complexity index is 542. The molecule has 0 saturated carbocycles. The maximum Gasteiger partial charge on any atom is 0.326 e. The smallest absolute Gasteiger partial charge is 0.326 e. The summed E-state index contributed by atoms with van der Waals surface area (Å²) in [5, 5.41) is 10.3. The van der Waals surface area contributed by atoms with Crippen molar-refractivity contribution in [3.05, 3.63) is 36.0 Å². The highest BCUT2D eigenvalue weighted by Crippen LogP contribution is 2.23. The number of aliphatic carboxylic acids is 1. The maximum atomic E-state index is 11.2. The minimum atomic E-state index is -0.774. The molecule has 0 spiro atoms. The lowest BCUT2D eigenvalue weighted by Crippen LogP contribution is -2.17. The van der Waals surface area contributed by atoms with Gasteiger partial charge in [-0.25, -0.2) is 4.79 Å². The predicted octanol–water partition coefficient (Wildman–Crippen LogP) is 3.24. The van der Waals surface area contributed by atoms with Crippen molar-refractivity contribution in [1.82, 2.24) is 4.57 Å². The van der Waals surface area contributed by atoms with Crippen molar-refractivity contribution in [2.24, 2.45) is 0 Å². The van der Waals surface area contributed by atoms with Gasteiger partial charge in [-0.2, -0.15) is 0 Å². The summed E-state index contributed by atoms with van der Waals surface area (Å²) < 4.78 is 1.84. The van der Waals surface area contributed by atoms with Gasteiger partial charge in [-0.1, -0.05) is 19.9 Å². The third-order valence-corrected chi connectivity index (χ3v) is 3.20. The Morgan fingerprint density at radius 2 is 2.12 bits per heavy atom. The molecule has 1 heterocycles. The second-order valence-corrected chi connectivity index (χ2v) is 4.23. The first-order valence-electron chi connectivity index (χ1n) is 5.99. The molecule has 0 bridgehead atoms. The Kier molecular flexibility index (Phi) is 3.18. The molecule has 0 saturated heterocycles. The van der Waals surface area contributed by atoms with Crippen LogP contribution in [-0.4, -0.2) is 15.6 Å². The molecule has 0 fully saturated rings. The fourth-order valence-electron chi connectivity index (χ4n) is 2.20. The van der Waals surface area contributed by atoms with Gasteiger partial charge in [-0.05, 0) is 42.0 Å². The van der Waals surface area contributed by atoms with Crippen LogP contribution in [0.2, 0.25) is 0 Å². The molecule has 1 aromatic heterocycles. The zero-order valence-electron chi connectivity index (χ0n) is 10.2. The second-order valence-electron chi connectivity index (χ2n) is 4.23. The van der Waals surface area contributed by atoms with Gasteiger partial charge in [0.2, 0.25) is 0 Å². The average Bonchev–Trinajstić information content (AvgIpc) is 2.73. The number of fused-ring (bicyclic) bond motifs is 1. The van der Waals surface area contributed by atoms with E-state index in [0.717, 1.165) is 17.3 Å². The van der Waals surface area contributed by atoms with Crippen LogP contribution >= 0.6 is 0 Å². The SMILES string of the molecule is CCc1ccc2c(ccn2C(CC)C(=O)O)c1. The number of hydrogen-bond acceptors (Lipinski definition) is 1. The van der Waals surface area contributed by atoms with Gasteiger partial charge >= 0.3 is 5.97 Å². The lowest BCUT2D eigenvalue weighted by Gasteiger charge is -2.13. The maximum absolute atomic E-state index is 11.2. The van der Waals surface area contributed by atoms with Crippen molar-refractivity contribution < 1.29 is 9.90 Å². The van der Waals surface area contributed by atoms with Crippen LogP contribution < -0.4 is 0 Å². The van der Waals surface area contributed by atoms with Crippen molar-refractivity contribution in [2.45, 2.75) is 32.7 Å². The lowest BCUT2D eigenvalue weighted by atomic mass is 10.1. The first-order chi connectivity index (χ1) is 8.17. The first kappa shape index (κ1) is 11.7. The van der Waals surface area contributed by atoms with E-state index in [1.54, 1.807) is 0 Å². The minimum absolute atomic E-state index is 0.472. The van der Waals surface area contributed by atoms with Crippen LogP contribution in [0.25, 0.3) is 10.9 Å². The van der Waals surface area contributed by atoms with Crippen LogP contribution in [0.5, 0.6) is 0 Å². The predicted molar refractivity (Wildman–Crippen MR) is 68.3 cm³/mol. The average molecular weight is 231 g/mol. The minimum Gasteiger partial charge on any atom is -0.480 e. The van der Waals surface area contributed by atoms with E-state index in [0.29, 0.717) is 6.42 Å². The molecule has 17 heavy (non-hydrogen) atoms. The van der Waals surface area contributed by atoms with E-state index < -0.39 is 12.0 Å². The van der Waals surface area contributed by atoms with E-state index in [-0.39, 0.29) is 0 Å². The number of aryl methyl sites for hydroxylation is 1. The van der Waals surface area contributed by atoms with Crippen LogP contribution in [0.4, 0.5) is 0 Å². The summed E-state index contributed by atoms with van der Waals surface area (Å²) in [5.74, 6) is -0.774. The monoisotopic (exact) mass is 231 g/mol. The summed E-state index contributed by atoms with van der Waals surface area (Å²) in [6.07, 6.45) is 3.46. The molecular weight excluding hydrogens is 214 g/mol. The summed E-state index contributed by atoms with van der Waals surface area (Å²) in [4.78, 5) is 11.2. The summed E-state index contributed by atoms with van der Waals surface area (Å²) in [6, 6.07) is 7.72. The molecule has 1 aromatic carbocycles. The molecule has 0 amide bonds. The first-order valence-corrected chi connectivity index (χ1v) is 5.99. The van der Waals surface area contributed by atoms with Crippen LogP contribution in [0, 0.1) is 0 Å². The Labute approximate surface area is 101 Å². The van der Waals surface area contributed by atoms with E-state index in [9.17, 15) is 9.90 Å². The quantitative estimate of drug-likeness (QED) is 0.877. The van der Waals surface area contributed by atoms with Crippen LogP contribution in [0.1, 0.15) is 31.9 Å². The van der Waals surface area contributed by atoms with Crippen molar-refractivity contribution in [3.63, 3.8) is 0 Å². The number of hydrogen-bond donors (Lipinski definition) is 1. The Balaban J connectivity index is 2.52. The highest BCUT2D eigenvalue weighted by Gasteiger charge is 2.18. The number of carboxylic acid groups (broad SMARTS) is 1. The van der Waals surface area contributed by atoms with E-state index in [1.807, 2.05) is 29.8 Å². The van der Waals surface area contributed by atoms with Gasteiger partial charge in [0.1, 0.15) is 6.04 Å². The molecule has 3 heteroatoms. The zero-order chi connectivity index (χ0) is 12.4. The third-order valence-electron chi connectivity index (χ3n) is 3.20. The number of carboxylic acids is 1. The molecule has 1 unspecified atom stereocenters. The topological polar surface area (TPSA) is 42.2 Å². The molecule has 0 aliphatic rings. The highest BCUT2D eigenvalue weighted by atomic mass is 16.4. The van der Waals surface area contributed by atoms with Crippen molar-refractivity contribution in [1.29, 1.82) is 0 Å². The van der Waals surface area contributed by atoms with Gasteiger partial charge in [-0.3, -0.25) is 0 Å². The number of benzene rings is 1. The van der Waals surface area contributed by atoms with Gasteiger partial charge < -0.3 is 9.67 Å². The van der Waals surface area contributed by atoms with Crippen molar-refractivity contribution in [3.8, 4) is 0 Å². The van der Waals surface area contributed by atoms with Crippen molar-refractivity contribution >= 4 is 16.9 Å². The molecule has 1 N–H and O–H groups in total. The number of nitrogens with zero attached hydrogens (tertiary/aromatic N) is 1. The number of aromatic nitrogens is 1. The van der Waals surface area contributed by atoms with E-state index in [1.165, 1.54) is 5.56 Å². The summed E-state index contributed by atoms with van der Waals surface area (Å²) in [6.45, 7) is 4.01. The molecule has 2 rings (SSSR count). The summed E-state index contributed by atoms with van der Waals surface area (Å²) in [7, 11) is 0. The fraction of sp³-hybridized carbons (Fsp3) is 0.357. The van der Waals surface area contributed by atoms with E-state index in [2.05, 4.69) is 19.1 Å². The number of carbonyl (C=O) groups is 1. The molecule has 3 nitrogen and oxygen atoms in total. The highest BCUT2D eigenvalue weighted by molar-refractivity contribution is 5.83. The molecule has 0 radical (unpaired) electrons. The van der Waals surface area contributed by atoms with Crippen LogP contribution in [0.3, 0.4) is 0 Å². The van der Waals surface area contributed by atoms with Gasteiger partial charge in [0, 0.05) is 11.7 Å². The van der Waals surface area contributed by atoms with Gasteiger partial charge in [0.25, 0.3) is 0 Å².